The standard InChI is InChI=1S/C22H18ClN7/c23-17-4-2-16(3-5-17)18-11-21(30-14-19(18)22-27-9-10-28-22)26-8-7-25-20-6-1-15(12-24)13-29-20/h1-6,9-11,13-14H,7-8H2,(H,25,29)(H,26,30)(H,27,28). The van der Waals surface area contributed by atoms with Crippen molar-refractivity contribution in [3.63, 3.8) is 0 Å². The number of halogens is 1. The van der Waals surface area contributed by atoms with Crippen LogP contribution in [0, 0.1) is 11.3 Å². The van der Waals surface area contributed by atoms with Crippen molar-refractivity contribution in [2.75, 3.05) is 23.7 Å². The highest BCUT2D eigenvalue weighted by molar-refractivity contribution is 6.30. The Balaban J connectivity index is 1.47. The molecule has 0 aliphatic rings. The lowest BCUT2D eigenvalue weighted by atomic mass is 10.0. The number of hydrogen-bond acceptors (Lipinski definition) is 6. The zero-order valence-electron chi connectivity index (χ0n) is 15.9. The van der Waals surface area contributed by atoms with Gasteiger partial charge in [-0.3, -0.25) is 0 Å². The number of benzene rings is 1. The topological polar surface area (TPSA) is 102 Å². The van der Waals surface area contributed by atoms with Gasteiger partial charge >= 0.3 is 0 Å². The number of H-pyrrole nitrogens is 1. The molecule has 0 unspecified atom stereocenters. The van der Waals surface area contributed by atoms with Gasteiger partial charge in [0.05, 0.1) is 5.56 Å². The van der Waals surface area contributed by atoms with Crippen molar-refractivity contribution < 1.29 is 0 Å². The highest BCUT2D eigenvalue weighted by atomic mass is 35.5. The van der Waals surface area contributed by atoms with Gasteiger partial charge in [-0.15, -0.1) is 0 Å². The fourth-order valence-corrected chi connectivity index (χ4v) is 3.09. The number of rotatable bonds is 7. The third-order valence-corrected chi connectivity index (χ3v) is 4.69. The molecule has 0 fully saturated rings. The summed E-state index contributed by atoms with van der Waals surface area (Å²) in [5, 5.41) is 16.0. The molecule has 3 aromatic heterocycles. The lowest BCUT2D eigenvalue weighted by molar-refractivity contribution is 1.04. The van der Waals surface area contributed by atoms with Gasteiger partial charge in [-0.1, -0.05) is 23.7 Å². The van der Waals surface area contributed by atoms with E-state index in [0.29, 0.717) is 23.7 Å². The third-order valence-electron chi connectivity index (χ3n) is 4.44. The van der Waals surface area contributed by atoms with Crippen LogP contribution in [0.15, 0.2) is 67.3 Å². The first-order chi connectivity index (χ1) is 14.7. The number of aromatic nitrogens is 4. The molecule has 7 nitrogen and oxygen atoms in total. The Labute approximate surface area is 178 Å². The molecule has 30 heavy (non-hydrogen) atoms. The number of nitrogens with zero attached hydrogens (tertiary/aromatic N) is 4. The van der Waals surface area contributed by atoms with E-state index >= 15 is 0 Å². The minimum absolute atomic E-state index is 0.536. The summed E-state index contributed by atoms with van der Waals surface area (Å²) in [6.07, 6.45) is 6.86. The molecular weight excluding hydrogens is 398 g/mol. The minimum atomic E-state index is 0.536. The Morgan fingerprint density at radius 2 is 1.67 bits per heavy atom. The SMILES string of the molecule is N#Cc1ccc(NCCNc2cc(-c3ccc(Cl)cc3)c(-c3ncc[nH]3)cn2)nc1. The van der Waals surface area contributed by atoms with E-state index in [4.69, 9.17) is 16.9 Å². The second-order valence-corrected chi connectivity index (χ2v) is 6.89. The van der Waals surface area contributed by atoms with Gasteiger partial charge in [-0.2, -0.15) is 5.26 Å². The van der Waals surface area contributed by atoms with E-state index in [2.05, 4.69) is 36.6 Å². The van der Waals surface area contributed by atoms with Crippen LogP contribution in [0.4, 0.5) is 11.6 Å². The molecule has 8 heteroatoms. The summed E-state index contributed by atoms with van der Waals surface area (Å²) < 4.78 is 0. The maximum Gasteiger partial charge on any atom is 0.139 e. The van der Waals surface area contributed by atoms with E-state index in [9.17, 15) is 0 Å². The van der Waals surface area contributed by atoms with Crippen LogP contribution in [0.2, 0.25) is 5.02 Å². The molecular formula is C22H18ClN7. The number of nitriles is 1. The van der Waals surface area contributed by atoms with Crippen molar-refractivity contribution in [1.82, 2.24) is 19.9 Å². The van der Waals surface area contributed by atoms with Gasteiger partial charge in [-0.25, -0.2) is 15.0 Å². The first-order valence-corrected chi connectivity index (χ1v) is 9.70. The molecule has 0 aliphatic carbocycles. The lowest BCUT2D eigenvalue weighted by Gasteiger charge is -2.12. The number of pyridine rings is 2. The molecule has 1 aromatic carbocycles. The summed E-state index contributed by atoms with van der Waals surface area (Å²) in [6.45, 7) is 1.30. The molecule has 4 rings (SSSR count). The summed E-state index contributed by atoms with van der Waals surface area (Å²) in [5.74, 6) is 2.23. The predicted octanol–water partition coefficient (Wildman–Crippen LogP) is 4.58. The smallest absolute Gasteiger partial charge is 0.139 e. The summed E-state index contributed by atoms with van der Waals surface area (Å²) in [5.41, 5.74) is 3.47. The highest BCUT2D eigenvalue weighted by Crippen LogP contribution is 2.32. The molecule has 4 aromatic rings. The molecule has 0 radical (unpaired) electrons. The Hall–Kier alpha value is -3.89. The number of imidazole rings is 1. The summed E-state index contributed by atoms with van der Waals surface area (Å²) in [6, 6.07) is 15.3. The minimum Gasteiger partial charge on any atom is -0.368 e. The number of anilines is 2. The molecule has 0 saturated carbocycles. The van der Waals surface area contributed by atoms with Crippen LogP contribution in [0.3, 0.4) is 0 Å². The zero-order chi connectivity index (χ0) is 20.8. The average Bonchev–Trinajstić information content (AvgIpc) is 3.32. The number of aromatic amines is 1. The lowest BCUT2D eigenvalue weighted by Crippen LogP contribution is -2.15. The molecule has 0 bridgehead atoms. The molecule has 148 valence electrons. The van der Waals surface area contributed by atoms with E-state index < -0.39 is 0 Å². The Bertz CT molecular complexity index is 1150. The predicted molar refractivity (Wildman–Crippen MR) is 118 cm³/mol. The quantitative estimate of drug-likeness (QED) is 0.382. The van der Waals surface area contributed by atoms with Crippen molar-refractivity contribution >= 4 is 23.2 Å². The molecule has 0 spiro atoms. The second kappa shape index (κ2) is 9.07. The van der Waals surface area contributed by atoms with Gasteiger partial charge in [-0.05, 0) is 41.5 Å². The van der Waals surface area contributed by atoms with Crippen molar-refractivity contribution in [1.29, 1.82) is 5.26 Å². The number of hydrogen-bond donors (Lipinski definition) is 3. The molecule has 0 aliphatic heterocycles. The summed E-state index contributed by atoms with van der Waals surface area (Å²) in [4.78, 5) is 16.2. The van der Waals surface area contributed by atoms with E-state index in [1.54, 1.807) is 36.9 Å². The normalized spacial score (nSPS) is 10.4. The third kappa shape index (κ3) is 4.57. The molecule has 3 heterocycles. The van der Waals surface area contributed by atoms with E-state index in [-0.39, 0.29) is 0 Å². The maximum absolute atomic E-state index is 8.83. The number of nitrogens with one attached hydrogen (secondary N) is 3. The molecule has 0 saturated heterocycles. The largest absolute Gasteiger partial charge is 0.368 e. The van der Waals surface area contributed by atoms with Gasteiger partial charge in [0.25, 0.3) is 0 Å². The highest BCUT2D eigenvalue weighted by Gasteiger charge is 2.11. The van der Waals surface area contributed by atoms with E-state index in [1.807, 2.05) is 30.3 Å². The summed E-state index contributed by atoms with van der Waals surface area (Å²) in [7, 11) is 0. The van der Waals surface area contributed by atoms with Gasteiger partial charge < -0.3 is 15.6 Å². The zero-order valence-corrected chi connectivity index (χ0v) is 16.7. The average molecular weight is 416 g/mol. The Morgan fingerprint density at radius 1 is 0.900 bits per heavy atom. The first kappa shape index (κ1) is 19.4. The van der Waals surface area contributed by atoms with Crippen LogP contribution in [0.5, 0.6) is 0 Å². The van der Waals surface area contributed by atoms with Gasteiger partial charge in [0.1, 0.15) is 23.5 Å². The molecule has 0 amide bonds. The van der Waals surface area contributed by atoms with Gasteiger partial charge in [0.15, 0.2) is 0 Å². The van der Waals surface area contributed by atoms with Crippen molar-refractivity contribution in [3.8, 4) is 28.6 Å². The fourth-order valence-electron chi connectivity index (χ4n) is 2.97. The summed E-state index contributed by atoms with van der Waals surface area (Å²) >= 11 is 6.05. The van der Waals surface area contributed by atoms with Gasteiger partial charge in [0.2, 0.25) is 0 Å². The van der Waals surface area contributed by atoms with Crippen molar-refractivity contribution in [2.45, 2.75) is 0 Å². The Kier molecular flexibility index (Phi) is 5.88. The second-order valence-electron chi connectivity index (χ2n) is 6.46. The van der Waals surface area contributed by atoms with Crippen LogP contribution >= 0.6 is 11.6 Å². The Morgan fingerprint density at radius 3 is 2.33 bits per heavy atom. The van der Waals surface area contributed by atoms with Gasteiger partial charge in [0, 0.05) is 48.5 Å². The first-order valence-electron chi connectivity index (χ1n) is 9.32. The molecule has 3 N–H and O–H groups in total. The van der Waals surface area contributed by atoms with Crippen LogP contribution < -0.4 is 10.6 Å². The van der Waals surface area contributed by atoms with E-state index in [0.717, 1.165) is 34.2 Å². The van der Waals surface area contributed by atoms with Crippen molar-refractivity contribution in [3.05, 3.63) is 77.8 Å². The van der Waals surface area contributed by atoms with E-state index in [1.165, 1.54) is 0 Å². The molecule has 0 atom stereocenters. The van der Waals surface area contributed by atoms with Crippen LogP contribution in [-0.4, -0.2) is 33.0 Å². The van der Waals surface area contributed by atoms with Crippen molar-refractivity contribution in [2.24, 2.45) is 0 Å². The monoisotopic (exact) mass is 415 g/mol. The van der Waals surface area contributed by atoms with Crippen LogP contribution in [-0.2, 0) is 0 Å². The van der Waals surface area contributed by atoms with Crippen LogP contribution in [0.1, 0.15) is 5.56 Å². The fraction of sp³-hybridized carbons (Fsp3) is 0.0909. The van der Waals surface area contributed by atoms with Crippen LogP contribution in [0.25, 0.3) is 22.5 Å². The maximum atomic E-state index is 8.83.